The van der Waals surface area contributed by atoms with E-state index in [9.17, 15) is 14.4 Å². The Labute approximate surface area is 146 Å². The standard InChI is InChI=1S/C17H24N4O4/c1-19-6-2-3-14(19)15(22)16(23)18-13-4-7-20(8-5-13)17(24)21-9-11-25-12-10-21/h2-3,6,13H,4-5,7-12H2,1H3,(H,18,23). The summed E-state index contributed by atoms with van der Waals surface area (Å²) < 4.78 is 6.90. The Morgan fingerprint density at radius 3 is 2.32 bits per heavy atom. The average molecular weight is 348 g/mol. The molecule has 1 aromatic heterocycles. The van der Waals surface area contributed by atoms with Crippen LogP contribution in [0.15, 0.2) is 18.3 Å². The van der Waals surface area contributed by atoms with Crippen LogP contribution >= 0.6 is 0 Å². The molecule has 0 saturated carbocycles. The molecular weight excluding hydrogens is 324 g/mol. The molecule has 0 unspecified atom stereocenters. The summed E-state index contributed by atoms with van der Waals surface area (Å²) in [4.78, 5) is 40.4. The van der Waals surface area contributed by atoms with Crippen molar-refractivity contribution in [2.75, 3.05) is 39.4 Å². The number of aromatic nitrogens is 1. The fourth-order valence-corrected chi connectivity index (χ4v) is 3.23. The fourth-order valence-electron chi connectivity index (χ4n) is 3.23. The van der Waals surface area contributed by atoms with Crippen molar-refractivity contribution in [1.29, 1.82) is 0 Å². The Morgan fingerprint density at radius 2 is 1.72 bits per heavy atom. The molecule has 8 nitrogen and oxygen atoms in total. The number of amides is 3. The number of likely N-dealkylation sites (tertiary alicyclic amines) is 1. The van der Waals surface area contributed by atoms with E-state index in [2.05, 4.69) is 5.32 Å². The minimum absolute atomic E-state index is 0.0352. The summed E-state index contributed by atoms with van der Waals surface area (Å²) in [5.74, 6) is -1.11. The van der Waals surface area contributed by atoms with Gasteiger partial charge in [0.05, 0.1) is 18.9 Å². The number of carbonyl (C=O) groups excluding carboxylic acids is 3. The molecule has 0 aliphatic carbocycles. The molecule has 3 amide bonds. The summed E-state index contributed by atoms with van der Waals surface area (Å²) in [7, 11) is 1.73. The smallest absolute Gasteiger partial charge is 0.320 e. The van der Waals surface area contributed by atoms with Gasteiger partial charge in [-0.1, -0.05) is 0 Å². The Bertz CT molecular complexity index is 643. The van der Waals surface area contributed by atoms with E-state index in [1.807, 2.05) is 4.90 Å². The minimum Gasteiger partial charge on any atom is -0.378 e. The first-order chi connectivity index (χ1) is 12.1. The zero-order chi connectivity index (χ0) is 17.8. The molecule has 0 spiro atoms. The highest BCUT2D eigenvalue weighted by molar-refractivity contribution is 6.42. The molecule has 0 aromatic carbocycles. The number of nitrogens with one attached hydrogen (secondary N) is 1. The zero-order valence-corrected chi connectivity index (χ0v) is 14.4. The van der Waals surface area contributed by atoms with Crippen molar-refractivity contribution < 1.29 is 19.1 Å². The third-order valence-electron chi connectivity index (χ3n) is 4.76. The van der Waals surface area contributed by atoms with Crippen LogP contribution in [0.3, 0.4) is 0 Å². The lowest BCUT2D eigenvalue weighted by atomic mass is 10.0. The second kappa shape index (κ2) is 7.69. The number of piperidine rings is 1. The van der Waals surface area contributed by atoms with E-state index in [-0.39, 0.29) is 12.1 Å². The van der Waals surface area contributed by atoms with Gasteiger partial charge in [-0.2, -0.15) is 0 Å². The van der Waals surface area contributed by atoms with Crippen LogP contribution in [0.25, 0.3) is 0 Å². The van der Waals surface area contributed by atoms with Crippen LogP contribution < -0.4 is 5.32 Å². The maximum atomic E-state index is 12.4. The molecule has 25 heavy (non-hydrogen) atoms. The third-order valence-corrected chi connectivity index (χ3v) is 4.76. The highest BCUT2D eigenvalue weighted by Crippen LogP contribution is 2.14. The van der Waals surface area contributed by atoms with Gasteiger partial charge in [0.2, 0.25) is 0 Å². The highest BCUT2D eigenvalue weighted by Gasteiger charge is 2.29. The molecule has 2 fully saturated rings. The molecule has 3 heterocycles. The van der Waals surface area contributed by atoms with Crippen molar-refractivity contribution >= 4 is 17.7 Å². The summed E-state index contributed by atoms with van der Waals surface area (Å²) in [5, 5.41) is 2.80. The maximum Gasteiger partial charge on any atom is 0.320 e. The van der Waals surface area contributed by atoms with E-state index in [0.29, 0.717) is 57.9 Å². The van der Waals surface area contributed by atoms with Crippen LogP contribution in [0, 0.1) is 0 Å². The van der Waals surface area contributed by atoms with Crippen molar-refractivity contribution in [3.05, 3.63) is 24.0 Å². The van der Waals surface area contributed by atoms with Crippen LogP contribution in [0.2, 0.25) is 0 Å². The number of urea groups is 1. The quantitative estimate of drug-likeness (QED) is 0.627. The molecule has 2 saturated heterocycles. The summed E-state index contributed by atoms with van der Waals surface area (Å²) >= 11 is 0. The summed E-state index contributed by atoms with van der Waals surface area (Å²) in [6.07, 6.45) is 3.04. The van der Waals surface area contributed by atoms with E-state index in [1.165, 1.54) is 0 Å². The number of nitrogens with zero attached hydrogens (tertiary/aromatic N) is 3. The monoisotopic (exact) mass is 348 g/mol. The van der Waals surface area contributed by atoms with Crippen LogP contribution in [-0.4, -0.2) is 77.5 Å². The molecule has 3 rings (SSSR count). The first kappa shape index (κ1) is 17.5. The van der Waals surface area contributed by atoms with Crippen LogP contribution in [0.5, 0.6) is 0 Å². The second-order valence-corrected chi connectivity index (χ2v) is 6.45. The Kier molecular flexibility index (Phi) is 5.37. The van der Waals surface area contributed by atoms with Gasteiger partial charge in [-0.25, -0.2) is 4.79 Å². The van der Waals surface area contributed by atoms with Crippen molar-refractivity contribution in [1.82, 2.24) is 19.7 Å². The molecule has 1 aromatic rings. The number of ether oxygens (including phenoxy) is 1. The molecule has 0 radical (unpaired) electrons. The largest absolute Gasteiger partial charge is 0.378 e. The predicted octanol–water partition coefficient (Wildman–Crippen LogP) is 0.241. The van der Waals surface area contributed by atoms with E-state index in [1.54, 1.807) is 34.8 Å². The summed E-state index contributed by atoms with van der Waals surface area (Å²) in [6.45, 7) is 3.58. The molecule has 8 heteroatoms. The lowest BCUT2D eigenvalue weighted by Gasteiger charge is -2.37. The molecule has 2 aliphatic heterocycles. The number of rotatable bonds is 3. The van der Waals surface area contributed by atoms with Gasteiger partial charge < -0.3 is 24.4 Å². The van der Waals surface area contributed by atoms with Crippen molar-refractivity contribution in [3.63, 3.8) is 0 Å². The fraction of sp³-hybridized carbons (Fsp3) is 0.588. The maximum absolute atomic E-state index is 12.4. The van der Waals surface area contributed by atoms with E-state index < -0.39 is 11.7 Å². The number of hydrogen-bond acceptors (Lipinski definition) is 4. The van der Waals surface area contributed by atoms with E-state index in [0.717, 1.165) is 0 Å². The average Bonchev–Trinajstić information content (AvgIpc) is 3.07. The SMILES string of the molecule is Cn1cccc1C(=O)C(=O)NC1CCN(C(=O)N2CCOCC2)CC1. The van der Waals surface area contributed by atoms with Gasteiger partial charge in [-0.05, 0) is 25.0 Å². The number of aryl methyl sites for hydroxylation is 1. The predicted molar refractivity (Wildman–Crippen MR) is 90.3 cm³/mol. The van der Waals surface area contributed by atoms with Gasteiger partial charge >= 0.3 is 6.03 Å². The van der Waals surface area contributed by atoms with Gasteiger partial charge in [0, 0.05) is 45.5 Å². The van der Waals surface area contributed by atoms with Crippen molar-refractivity contribution in [2.45, 2.75) is 18.9 Å². The molecule has 0 bridgehead atoms. The number of Topliss-reactive ketones (excluding diaryl/α,β-unsaturated/α-hetero) is 1. The summed E-state index contributed by atoms with van der Waals surface area (Å²) in [6, 6.07) is 3.32. The molecule has 136 valence electrons. The Hall–Kier alpha value is -2.35. The molecular formula is C17H24N4O4. The number of morpholine rings is 1. The number of hydrogen-bond donors (Lipinski definition) is 1. The van der Waals surface area contributed by atoms with Gasteiger partial charge in [0.25, 0.3) is 11.7 Å². The topological polar surface area (TPSA) is 83.9 Å². The third kappa shape index (κ3) is 4.01. The molecule has 1 N–H and O–H groups in total. The first-order valence-corrected chi connectivity index (χ1v) is 8.64. The Morgan fingerprint density at radius 1 is 1.08 bits per heavy atom. The first-order valence-electron chi connectivity index (χ1n) is 8.64. The molecule has 2 aliphatic rings. The van der Waals surface area contributed by atoms with Gasteiger partial charge in [-0.3, -0.25) is 9.59 Å². The van der Waals surface area contributed by atoms with Crippen molar-refractivity contribution in [3.8, 4) is 0 Å². The lowest BCUT2D eigenvalue weighted by molar-refractivity contribution is -0.117. The van der Waals surface area contributed by atoms with Crippen molar-refractivity contribution in [2.24, 2.45) is 7.05 Å². The van der Waals surface area contributed by atoms with Gasteiger partial charge in [0.15, 0.2) is 0 Å². The lowest BCUT2D eigenvalue weighted by Crippen LogP contribution is -2.53. The van der Waals surface area contributed by atoms with E-state index in [4.69, 9.17) is 4.74 Å². The second-order valence-electron chi connectivity index (χ2n) is 6.45. The minimum atomic E-state index is -0.584. The summed E-state index contributed by atoms with van der Waals surface area (Å²) in [5.41, 5.74) is 0.373. The number of carbonyl (C=O) groups is 3. The molecule has 0 atom stereocenters. The van der Waals surface area contributed by atoms with E-state index >= 15 is 0 Å². The normalized spacial score (nSPS) is 18.9. The van der Waals surface area contributed by atoms with Crippen LogP contribution in [-0.2, 0) is 16.6 Å². The van der Waals surface area contributed by atoms with Gasteiger partial charge in [0.1, 0.15) is 0 Å². The zero-order valence-electron chi connectivity index (χ0n) is 14.4. The van der Waals surface area contributed by atoms with Crippen LogP contribution in [0.4, 0.5) is 4.79 Å². The van der Waals surface area contributed by atoms with Gasteiger partial charge in [-0.15, -0.1) is 0 Å². The van der Waals surface area contributed by atoms with Crippen LogP contribution in [0.1, 0.15) is 23.3 Å². The number of ketones is 1. The highest BCUT2D eigenvalue weighted by atomic mass is 16.5. The Balaban J connectivity index is 1.47.